The summed E-state index contributed by atoms with van der Waals surface area (Å²) in [7, 11) is 0. The Labute approximate surface area is 147 Å². The van der Waals surface area contributed by atoms with Crippen LogP contribution in [0.5, 0.6) is 0 Å². The molecule has 2 aliphatic heterocycles. The minimum atomic E-state index is -0.829. The number of hydrogen-bond acceptors (Lipinski definition) is 4. The van der Waals surface area contributed by atoms with Crippen LogP contribution in [0.4, 0.5) is 0 Å². The van der Waals surface area contributed by atoms with E-state index in [9.17, 15) is 19.5 Å². The van der Waals surface area contributed by atoms with Crippen molar-refractivity contribution < 1.29 is 19.5 Å². The molecule has 1 fully saturated rings. The Balaban J connectivity index is 1.91. The molecule has 134 valence electrons. The summed E-state index contributed by atoms with van der Waals surface area (Å²) in [5.41, 5.74) is 0.702. The summed E-state index contributed by atoms with van der Waals surface area (Å²) in [6.07, 6.45) is -0.156. The van der Waals surface area contributed by atoms with Crippen molar-refractivity contribution in [3.05, 3.63) is 35.4 Å². The lowest BCUT2D eigenvalue weighted by Crippen LogP contribution is -2.51. The molecule has 6 heteroatoms. The summed E-state index contributed by atoms with van der Waals surface area (Å²) in [5, 5.41) is 9.95. The molecular weight excluding hydrogens is 320 g/mol. The molecule has 0 bridgehead atoms. The van der Waals surface area contributed by atoms with Gasteiger partial charge in [0, 0.05) is 19.0 Å². The molecule has 1 N–H and O–H groups in total. The summed E-state index contributed by atoms with van der Waals surface area (Å²) in [6.45, 7) is 6.49. The van der Waals surface area contributed by atoms with Gasteiger partial charge in [0.2, 0.25) is 5.91 Å². The van der Waals surface area contributed by atoms with E-state index < -0.39 is 24.0 Å². The maximum atomic E-state index is 13.1. The molecule has 0 aromatic heterocycles. The third-order valence-electron chi connectivity index (χ3n) is 5.00. The molecule has 1 saturated heterocycles. The highest BCUT2D eigenvalue weighted by Gasteiger charge is 2.45. The molecule has 3 rings (SSSR count). The quantitative estimate of drug-likeness (QED) is 0.841. The van der Waals surface area contributed by atoms with Gasteiger partial charge in [-0.05, 0) is 24.5 Å². The third-order valence-corrected chi connectivity index (χ3v) is 5.00. The number of imide groups is 1. The molecule has 2 unspecified atom stereocenters. The summed E-state index contributed by atoms with van der Waals surface area (Å²) in [6, 6.07) is 5.84. The second kappa shape index (κ2) is 6.59. The van der Waals surface area contributed by atoms with Gasteiger partial charge in [0.25, 0.3) is 11.8 Å². The number of aliphatic hydroxyl groups is 1. The Morgan fingerprint density at radius 1 is 1.16 bits per heavy atom. The maximum Gasteiger partial charge on any atom is 0.262 e. The molecule has 3 amide bonds. The van der Waals surface area contributed by atoms with E-state index in [0.29, 0.717) is 24.1 Å². The molecule has 0 aliphatic carbocycles. The van der Waals surface area contributed by atoms with Crippen LogP contribution in [-0.2, 0) is 4.79 Å². The van der Waals surface area contributed by atoms with Gasteiger partial charge in [0.15, 0.2) is 0 Å². The Hall–Kier alpha value is -2.21. The fourth-order valence-corrected chi connectivity index (χ4v) is 3.59. The van der Waals surface area contributed by atoms with Crippen molar-refractivity contribution >= 4 is 17.7 Å². The number of β-amino-alcohol motifs (C(OH)–C–C–N with tert-alkyl or cyclic N) is 1. The van der Waals surface area contributed by atoms with E-state index in [1.807, 2.05) is 20.8 Å². The SMILES string of the molecule is CC(C)C[C@@H](C(=O)N1CC(C)C(O)C1)N1C(=O)c2ccccc2C1=O. The highest BCUT2D eigenvalue weighted by Crippen LogP contribution is 2.29. The minimum Gasteiger partial charge on any atom is -0.391 e. The fourth-order valence-electron chi connectivity index (χ4n) is 3.59. The van der Waals surface area contributed by atoms with Crippen molar-refractivity contribution in [2.24, 2.45) is 11.8 Å². The molecule has 2 aliphatic rings. The van der Waals surface area contributed by atoms with Crippen molar-refractivity contribution in [3.8, 4) is 0 Å². The van der Waals surface area contributed by atoms with Crippen LogP contribution in [-0.4, -0.2) is 57.9 Å². The molecule has 6 nitrogen and oxygen atoms in total. The van der Waals surface area contributed by atoms with E-state index in [1.54, 1.807) is 29.2 Å². The van der Waals surface area contributed by atoms with Crippen LogP contribution in [0.2, 0.25) is 0 Å². The Morgan fingerprint density at radius 2 is 1.72 bits per heavy atom. The van der Waals surface area contributed by atoms with Crippen LogP contribution in [0.1, 0.15) is 47.9 Å². The van der Waals surface area contributed by atoms with Crippen molar-refractivity contribution in [2.75, 3.05) is 13.1 Å². The van der Waals surface area contributed by atoms with Gasteiger partial charge in [0.05, 0.1) is 17.2 Å². The Kier molecular flexibility index (Phi) is 4.64. The lowest BCUT2D eigenvalue weighted by molar-refractivity contribution is -0.135. The topological polar surface area (TPSA) is 77.9 Å². The molecule has 0 saturated carbocycles. The number of nitrogens with zero attached hydrogens (tertiary/aromatic N) is 2. The van der Waals surface area contributed by atoms with Crippen LogP contribution in [0.15, 0.2) is 24.3 Å². The standard InChI is InChI=1S/C19H24N2O4/c1-11(2)8-15(19(25)20-9-12(3)16(22)10-20)21-17(23)13-6-4-5-7-14(13)18(21)24/h4-7,11-12,15-16,22H,8-10H2,1-3H3/t12?,15-,16?/m0/s1. The van der Waals surface area contributed by atoms with E-state index in [2.05, 4.69) is 0 Å². The van der Waals surface area contributed by atoms with Crippen molar-refractivity contribution in [1.29, 1.82) is 0 Å². The zero-order valence-corrected chi connectivity index (χ0v) is 14.8. The fraction of sp³-hybridized carbons (Fsp3) is 0.526. The van der Waals surface area contributed by atoms with Crippen molar-refractivity contribution in [2.45, 2.75) is 39.3 Å². The van der Waals surface area contributed by atoms with Gasteiger partial charge in [0.1, 0.15) is 6.04 Å². The zero-order chi connectivity index (χ0) is 18.3. The predicted octanol–water partition coefficient (Wildman–Crippen LogP) is 1.54. The highest BCUT2D eigenvalue weighted by molar-refractivity contribution is 6.22. The number of amides is 3. The highest BCUT2D eigenvalue weighted by atomic mass is 16.3. The minimum absolute atomic E-state index is 0.00849. The van der Waals surface area contributed by atoms with Gasteiger partial charge in [-0.1, -0.05) is 32.9 Å². The van der Waals surface area contributed by atoms with E-state index in [1.165, 1.54) is 0 Å². The number of fused-ring (bicyclic) bond motifs is 1. The lowest BCUT2D eigenvalue weighted by Gasteiger charge is -2.30. The smallest absolute Gasteiger partial charge is 0.262 e. The second-order valence-electron chi connectivity index (χ2n) is 7.46. The first-order valence-corrected chi connectivity index (χ1v) is 8.75. The van der Waals surface area contributed by atoms with Gasteiger partial charge >= 0.3 is 0 Å². The molecular formula is C19H24N2O4. The lowest BCUT2D eigenvalue weighted by atomic mass is 10.0. The number of hydrogen-bond donors (Lipinski definition) is 1. The summed E-state index contributed by atoms with van der Waals surface area (Å²) < 4.78 is 0. The van der Waals surface area contributed by atoms with Crippen LogP contribution >= 0.6 is 0 Å². The first kappa shape index (κ1) is 17.6. The van der Waals surface area contributed by atoms with E-state index in [4.69, 9.17) is 0 Å². The maximum absolute atomic E-state index is 13.1. The number of rotatable bonds is 4. The average molecular weight is 344 g/mol. The van der Waals surface area contributed by atoms with Crippen LogP contribution < -0.4 is 0 Å². The van der Waals surface area contributed by atoms with Crippen LogP contribution in [0.3, 0.4) is 0 Å². The largest absolute Gasteiger partial charge is 0.391 e. The van der Waals surface area contributed by atoms with Gasteiger partial charge in [-0.15, -0.1) is 0 Å². The summed E-state index contributed by atoms with van der Waals surface area (Å²) in [5.74, 6) is -0.944. The number of carbonyl (C=O) groups excluding carboxylic acids is 3. The predicted molar refractivity (Wildman–Crippen MR) is 91.9 cm³/mol. The van der Waals surface area contributed by atoms with Gasteiger partial charge in [-0.25, -0.2) is 0 Å². The number of aliphatic hydroxyl groups excluding tert-OH is 1. The molecule has 25 heavy (non-hydrogen) atoms. The summed E-state index contributed by atoms with van der Waals surface area (Å²) >= 11 is 0. The van der Waals surface area contributed by atoms with Gasteiger partial charge < -0.3 is 10.0 Å². The van der Waals surface area contributed by atoms with Gasteiger partial charge in [-0.2, -0.15) is 0 Å². The third kappa shape index (κ3) is 3.06. The number of carbonyl (C=O) groups is 3. The molecule has 0 spiro atoms. The van der Waals surface area contributed by atoms with Crippen molar-refractivity contribution in [3.63, 3.8) is 0 Å². The monoisotopic (exact) mass is 344 g/mol. The molecule has 0 radical (unpaired) electrons. The zero-order valence-electron chi connectivity index (χ0n) is 14.8. The second-order valence-corrected chi connectivity index (χ2v) is 7.46. The molecule has 2 heterocycles. The first-order valence-electron chi connectivity index (χ1n) is 8.75. The Morgan fingerprint density at radius 3 is 2.16 bits per heavy atom. The normalized spacial score (nSPS) is 24.2. The average Bonchev–Trinajstić information content (AvgIpc) is 3.03. The van der Waals surface area contributed by atoms with E-state index >= 15 is 0 Å². The van der Waals surface area contributed by atoms with E-state index in [-0.39, 0.29) is 24.3 Å². The Bertz CT molecular complexity index is 670. The number of likely N-dealkylation sites (tertiary alicyclic amines) is 1. The van der Waals surface area contributed by atoms with Crippen LogP contribution in [0, 0.1) is 11.8 Å². The summed E-state index contributed by atoms with van der Waals surface area (Å²) in [4.78, 5) is 41.3. The van der Waals surface area contributed by atoms with Crippen LogP contribution in [0.25, 0.3) is 0 Å². The molecule has 1 aromatic carbocycles. The molecule has 3 atom stereocenters. The van der Waals surface area contributed by atoms with E-state index in [0.717, 1.165) is 4.90 Å². The molecule has 1 aromatic rings. The number of benzene rings is 1. The van der Waals surface area contributed by atoms with Crippen molar-refractivity contribution in [1.82, 2.24) is 9.80 Å². The van der Waals surface area contributed by atoms with Gasteiger partial charge in [-0.3, -0.25) is 19.3 Å². The first-order chi connectivity index (χ1) is 11.8.